The highest BCUT2D eigenvalue weighted by Gasteiger charge is 2.14. The number of hydrogen-bond donors (Lipinski definition) is 2. The first kappa shape index (κ1) is 18.7. The van der Waals surface area contributed by atoms with E-state index in [-0.39, 0.29) is 18.9 Å². The molecule has 0 spiro atoms. The third kappa shape index (κ3) is 3.40. The van der Waals surface area contributed by atoms with Gasteiger partial charge in [-0.3, -0.25) is 9.36 Å². The fraction of sp³-hybridized carbons (Fsp3) is 0.0952. The van der Waals surface area contributed by atoms with Crippen LogP contribution in [0.3, 0.4) is 0 Å². The molecular weight excluding hydrogens is 424 g/mol. The van der Waals surface area contributed by atoms with Crippen LogP contribution in [-0.2, 0) is 11.3 Å². The van der Waals surface area contributed by atoms with Crippen molar-refractivity contribution in [1.29, 1.82) is 0 Å². The van der Waals surface area contributed by atoms with E-state index in [1.165, 1.54) is 15.9 Å². The van der Waals surface area contributed by atoms with Crippen molar-refractivity contribution in [2.45, 2.75) is 13.0 Å². The Morgan fingerprint density at radius 1 is 1.27 bits per heavy atom. The van der Waals surface area contributed by atoms with Crippen molar-refractivity contribution in [1.82, 2.24) is 14.5 Å². The number of benzene rings is 2. The third-order valence-corrected chi connectivity index (χ3v) is 5.80. The van der Waals surface area contributed by atoms with Crippen LogP contribution < -0.4 is 11.1 Å². The van der Waals surface area contributed by atoms with E-state index in [2.05, 4.69) is 15.3 Å². The van der Waals surface area contributed by atoms with E-state index in [0.717, 1.165) is 22.2 Å². The summed E-state index contributed by atoms with van der Waals surface area (Å²) in [5, 5.41) is 6.78. The van der Waals surface area contributed by atoms with Gasteiger partial charge in [-0.15, -0.1) is 11.3 Å². The van der Waals surface area contributed by atoms with Crippen LogP contribution in [0.1, 0.15) is 6.42 Å². The number of para-hydroxylation sites is 1. The van der Waals surface area contributed by atoms with E-state index >= 15 is 0 Å². The van der Waals surface area contributed by atoms with E-state index in [4.69, 9.17) is 16.0 Å². The van der Waals surface area contributed by atoms with Gasteiger partial charge >= 0.3 is 5.76 Å². The summed E-state index contributed by atoms with van der Waals surface area (Å²) in [6.45, 7) is 0.194. The number of H-pyrrole nitrogens is 1. The van der Waals surface area contributed by atoms with Crippen LogP contribution in [-0.4, -0.2) is 20.4 Å². The molecule has 0 bridgehead atoms. The van der Waals surface area contributed by atoms with Crippen molar-refractivity contribution in [3.8, 4) is 11.3 Å². The topological polar surface area (TPSA) is 92.9 Å². The number of fused-ring (bicyclic) bond motifs is 2. The van der Waals surface area contributed by atoms with Crippen LogP contribution in [0.25, 0.3) is 33.3 Å². The monoisotopic (exact) mass is 438 g/mol. The number of hydrogen-bond acceptors (Lipinski definition) is 5. The highest BCUT2D eigenvalue weighted by Crippen LogP contribution is 2.31. The molecule has 0 fully saturated rings. The zero-order valence-electron chi connectivity index (χ0n) is 15.5. The molecule has 0 aliphatic carbocycles. The Kier molecular flexibility index (Phi) is 4.65. The minimum atomic E-state index is -0.518. The van der Waals surface area contributed by atoms with Gasteiger partial charge in [-0.05, 0) is 18.2 Å². The van der Waals surface area contributed by atoms with Crippen molar-refractivity contribution < 1.29 is 9.21 Å². The zero-order valence-corrected chi connectivity index (χ0v) is 17.1. The Morgan fingerprint density at radius 2 is 2.13 bits per heavy atom. The molecule has 0 atom stereocenters. The van der Waals surface area contributed by atoms with Crippen molar-refractivity contribution in [2.75, 3.05) is 5.32 Å². The Hall–Kier alpha value is -3.36. The summed E-state index contributed by atoms with van der Waals surface area (Å²) < 4.78 is 6.61. The number of carbonyl (C=O) groups is 1. The van der Waals surface area contributed by atoms with Gasteiger partial charge < -0.3 is 14.7 Å². The van der Waals surface area contributed by atoms with E-state index in [0.29, 0.717) is 21.3 Å². The second kappa shape index (κ2) is 7.47. The van der Waals surface area contributed by atoms with E-state index in [1.807, 2.05) is 35.8 Å². The van der Waals surface area contributed by atoms with Gasteiger partial charge in [-0.2, -0.15) is 0 Å². The summed E-state index contributed by atoms with van der Waals surface area (Å²) in [5.41, 5.74) is 3.81. The van der Waals surface area contributed by atoms with Crippen LogP contribution in [0.5, 0.6) is 0 Å². The number of amides is 1. The van der Waals surface area contributed by atoms with Gasteiger partial charge in [0.1, 0.15) is 0 Å². The molecule has 2 aromatic carbocycles. The highest BCUT2D eigenvalue weighted by atomic mass is 35.5. The smallest absolute Gasteiger partial charge is 0.408 e. The molecule has 0 saturated carbocycles. The number of oxazole rings is 1. The Bertz CT molecular complexity index is 1450. The van der Waals surface area contributed by atoms with Gasteiger partial charge in [0.25, 0.3) is 0 Å². The minimum absolute atomic E-state index is 0.110. The molecule has 0 saturated heterocycles. The quantitative estimate of drug-likeness (QED) is 0.409. The molecule has 9 heteroatoms. The molecule has 0 radical (unpaired) electrons. The van der Waals surface area contributed by atoms with Crippen LogP contribution in [0.2, 0.25) is 5.02 Å². The van der Waals surface area contributed by atoms with Crippen molar-refractivity contribution in [2.24, 2.45) is 0 Å². The van der Waals surface area contributed by atoms with Gasteiger partial charge in [0.2, 0.25) is 5.91 Å². The minimum Gasteiger partial charge on any atom is -0.408 e. The summed E-state index contributed by atoms with van der Waals surface area (Å²) in [6.07, 6.45) is 2.02. The van der Waals surface area contributed by atoms with Gasteiger partial charge in [0.05, 0.1) is 11.2 Å². The average molecular weight is 439 g/mol. The van der Waals surface area contributed by atoms with Crippen LogP contribution in [0.4, 0.5) is 5.13 Å². The van der Waals surface area contributed by atoms with Crippen LogP contribution in [0, 0.1) is 0 Å². The summed E-state index contributed by atoms with van der Waals surface area (Å²) in [5.74, 6) is -0.749. The molecule has 0 unspecified atom stereocenters. The molecule has 5 rings (SSSR count). The third-order valence-electron chi connectivity index (χ3n) is 4.81. The zero-order chi connectivity index (χ0) is 20.7. The summed E-state index contributed by atoms with van der Waals surface area (Å²) in [6, 6.07) is 12.9. The SMILES string of the molecule is O=C(CCn1c(=O)oc2cc(Cl)ccc21)Nc1nc(-c2c[nH]c3ccccc23)cs1. The number of thiazole rings is 1. The van der Waals surface area contributed by atoms with E-state index in [1.54, 1.807) is 18.2 Å². The number of aromatic nitrogens is 3. The number of aromatic amines is 1. The average Bonchev–Trinajstić information content (AvgIpc) is 3.42. The van der Waals surface area contributed by atoms with E-state index < -0.39 is 5.76 Å². The molecule has 0 aliphatic rings. The highest BCUT2D eigenvalue weighted by molar-refractivity contribution is 7.14. The molecular formula is C21H15ClN4O3S. The summed E-state index contributed by atoms with van der Waals surface area (Å²) in [4.78, 5) is 32.2. The first-order valence-electron chi connectivity index (χ1n) is 9.19. The largest absolute Gasteiger partial charge is 0.419 e. The van der Waals surface area contributed by atoms with Gasteiger partial charge in [0, 0.05) is 52.1 Å². The number of carbonyl (C=O) groups excluding carboxylic acids is 1. The lowest BCUT2D eigenvalue weighted by Gasteiger charge is -2.03. The number of nitrogens with one attached hydrogen (secondary N) is 2. The van der Waals surface area contributed by atoms with Gasteiger partial charge in [-0.25, -0.2) is 9.78 Å². The fourth-order valence-corrected chi connectivity index (χ4v) is 4.27. The molecule has 5 aromatic rings. The molecule has 1 amide bonds. The summed E-state index contributed by atoms with van der Waals surface area (Å²) >= 11 is 7.28. The Morgan fingerprint density at radius 3 is 3.03 bits per heavy atom. The van der Waals surface area contributed by atoms with Crippen LogP contribution >= 0.6 is 22.9 Å². The molecule has 150 valence electrons. The maximum atomic E-state index is 12.4. The molecule has 3 heterocycles. The maximum Gasteiger partial charge on any atom is 0.419 e. The predicted octanol–water partition coefficient (Wildman–Crippen LogP) is 4.88. The van der Waals surface area contributed by atoms with Crippen molar-refractivity contribution >= 4 is 56.0 Å². The van der Waals surface area contributed by atoms with Crippen LogP contribution in [0.15, 0.2) is 63.3 Å². The molecule has 2 N–H and O–H groups in total. The molecule has 3 aromatic heterocycles. The second-order valence-corrected chi connectivity index (χ2v) is 8.01. The van der Waals surface area contributed by atoms with Crippen molar-refractivity contribution in [3.05, 3.63) is 69.6 Å². The maximum absolute atomic E-state index is 12.4. The second-order valence-electron chi connectivity index (χ2n) is 6.72. The number of anilines is 1. The molecule has 7 nitrogen and oxygen atoms in total. The van der Waals surface area contributed by atoms with Gasteiger partial charge in [-0.1, -0.05) is 29.8 Å². The lowest BCUT2D eigenvalue weighted by Crippen LogP contribution is -2.19. The Labute approximate surface area is 178 Å². The lowest BCUT2D eigenvalue weighted by molar-refractivity contribution is -0.116. The van der Waals surface area contributed by atoms with Crippen molar-refractivity contribution in [3.63, 3.8) is 0 Å². The van der Waals surface area contributed by atoms with E-state index in [9.17, 15) is 9.59 Å². The first-order chi connectivity index (χ1) is 14.6. The molecule has 30 heavy (non-hydrogen) atoms. The number of aryl methyl sites for hydroxylation is 1. The predicted molar refractivity (Wildman–Crippen MR) is 118 cm³/mol. The number of nitrogens with zero attached hydrogens (tertiary/aromatic N) is 2. The first-order valence-corrected chi connectivity index (χ1v) is 10.4. The number of halogens is 1. The fourth-order valence-electron chi connectivity index (χ4n) is 3.39. The summed E-state index contributed by atoms with van der Waals surface area (Å²) in [7, 11) is 0. The Balaban J connectivity index is 1.29. The lowest BCUT2D eigenvalue weighted by atomic mass is 10.1. The standard InChI is InChI=1S/C21H15ClN4O3S/c22-12-5-6-17-18(9-12)29-21(28)26(17)8-7-19(27)25-20-24-16(11-30-20)14-10-23-15-4-2-1-3-13(14)15/h1-6,9-11,23H,7-8H2,(H,24,25,27). The van der Waals surface area contributed by atoms with Gasteiger partial charge in [0.15, 0.2) is 10.7 Å². The number of rotatable bonds is 5. The molecule has 0 aliphatic heterocycles. The normalized spacial score (nSPS) is 11.4.